The number of nitrogens with zero attached hydrogens (tertiary/aromatic N) is 1. The molecule has 0 bridgehead atoms. The fourth-order valence-corrected chi connectivity index (χ4v) is 5.65. The van der Waals surface area contributed by atoms with E-state index in [4.69, 9.17) is 23.7 Å². The van der Waals surface area contributed by atoms with Crippen molar-refractivity contribution in [3.63, 3.8) is 0 Å². The van der Waals surface area contributed by atoms with E-state index >= 15 is 0 Å². The zero-order chi connectivity index (χ0) is 29.7. The molecule has 2 heterocycles. The van der Waals surface area contributed by atoms with E-state index in [-0.39, 0.29) is 37.4 Å². The lowest BCUT2D eigenvalue weighted by atomic mass is 9.86. The summed E-state index contributed by atoms with van der Waals surface area (Å²) in [5.41, 5.74) is 3.37. The van der Waals surface area contributed by atoms with Crippen molar-refractivity contribution >= 4 is 34.6 Å². The van der Waals surface area contributed by atoms with Gasteiger partial charge < -0.3 is 28.9 Å². The highest BCUT2D eigenvalue weighted by molar-refractivity contribution is 8.15. The van der Waals surface area contributed by atoms with Crippen LogP contribution in [0.4, 0.5) is 4.79 Å². The molecule has 0 aliphatic carbocycles. The molecule has 2 N–H and O–H groups in total. The van der Waals surface area contributed by atoms with Crippen molar-refractivity contribution in [3.8, 4) is 17.2 Å². The predicted molar refractivity (Wildman–Crippen MR) is 152 cm³/mol. The zero-order valence-corrected chi connectivity index (χ0v) is 24.5. The summed E-state index contributed by atoms with van der Waals surface area (Å²) in [5.74, 6) is 0.894. The van der Waals surface area contributed by atoms with E-state index in [1.165, 1.54) is 7.11 Å². The molecule has 1 fully saturated rings. The number of oxime groups is 1. The van der Waals surface area contributed by atoms with Gasteiger partial charge in [0.1, 0.15) is 36.1 Å². The maximum absolute atomic E-state index is 12.1. The van der Waals surface area contributed by atoms with Crippen LogP contribution >= 0.6 is 11.8 Å². The lowest BCUT2D eigenvalue weighted by Gasteiger charge is -2.38. The van der Waals surface area contributed by atoms with Gasteiger partial charge in [-0.3, -0.25) is 14.9 Å². The number of nitrogens with one attached hydrogen (secondary N) is 1. The molecule has 41 heavy (non-hydrogen) atoms. The quantitative estimate of drug-likeness (QED) is 0.172. The highest BCUT2D eigenvalue weighted by atomic mass is 32.2. The Kier molecular flexibility index (Phi) is 9.44. The fraction of sp³-hybridized carbons (Fsp3) is 0.448. The van der Waals surface area contributed by atoms with Gasteiger partial charge in [0.15, 0.2) is 6.61 Å². The molecule has 220 valence electrons. The minimum Gasteiger partial charge on any atom is -0.489 e. The van der Waals surface area contributed by atoms with E-state index in [2.05, 4.69) is 10.5 Å². The number of hydrogen-bond acceptors (Lipinski definition) is 11. The van der Waals surface area contributed by atoms with Crippen molar-refractivity contribution in [1.82, 2.24) is 5.32 Å². The fourth-order valence-electron chi connectivity index (χ4n) is 4.79. The number of carbonyl (C=O) groups is 3. The Balaban J connectivity index is 1.45. The number of hydrogen-bond donors (Lipinski definition) is 2. The molecule has 2 atom stereocenters. The van der Waals surface area contributed by atoms with Crippen LogP contribution in [0.3, 0.4) is 0 Å². The summed E-state index contributed by atoms with van der Waals surface area (Å²) in [6.45, 7) is 7.80. The normalized spacial score (nSPS) is 20.8. The zero-order valence-electron chi connectivity index (χ0n) is 23.7. The van der Waals surface area contributed by atoms with E-state index in [9.17, 15) is 19.6 Å². The molecular weight excluding hydrogens is 552 g/mol. The number of benzene rings is 2. The first kappa shape index (κ1) is 30.2. The van der Waals surface area contributed by atoms with Gasteiger partial charge in [-0.05, 0) is 62.9 Å². The van der Waals surface area contributed by atoms with E-state index < -0.39 is 16.8 Å². The van der Waals surface area contributed by atoms with E-state index in [0.29, 0.717) is 47.1 Å². The standard InChI is InChI=1S/C29H34N2O9S/c1-16-17(2)26-24(18(3)25(16)38-14-23(32)37-11-10-36-5)21(31-35)13-29(4,40-26)15-39-20-8-6-19(7-9-20)12-22-27(33)30-28(34)41-22/h6-9,22,35H,10-15H2,1-5H3,(H,30,33,34). The molecule has 2 aliphatic heterocycles. The second kappa shape index (κ2) is 12.8. The smallest absolute Gasteiger partial charge is 0.344 e. The molecule has 12 heteroatoms. The SMILES string of the molecule is COCCOC(=O)COc1c(C)c(C)c2c(c1C)C(=NO)CC(C)(COc1ccc(CC3SC(=O)NC3=O)cc1)O2. The third-order valence-corrected chi connectivity index (χ3v) is 8.01. The Bertz CT molecular complexity index is 1360. The van der Waals surface area contributed by atoms with Crippen LogP contribution in [-0.2, 0) is 25.5 Å². The molecule has 2 amide bonds. The van der Waals surface area contributed by atoms with Gasteiger partial charge in [-0.2, -0.15) is 0 Å². The van der Waals surface area contributed by atoms with Crippen LogP contribution < -0.4 is 19.5 Å². The Labute approximate surface area is 242 Å². The Morgan fingerprint density at radius 3 is 2.49 bits per heavy atom. The number of esters is 1. The highest BCUT2D eigenvalue weighted by Crippen LogP contribution is 2.44. The maximum atomic E-state index is 12.1. The minimum absolute atomic E-state index is 0.139. The van der Waals surface area contributed by atoms with Gasteiger partial charge in [0, 0.05) is 24.7 Å². The molecule has 0 saturated carbocycles. The van der Waals surface area contributed by atoms with Crippen LogP contribution in [0.25, 0.3) is 0 Å². The number of carbonyl (C=O) groups excluding carboxylic acids is 3. The highest BCUT2D eigenvalue weighted by Gasteiger charge is 2.40. The molecule has 2 unspecified atom stereocenters. The van der Waals surface area contributed by atoms with E-state index in [0.717, 1.165) is 28.5 Å². The number of rotatable bonds is 11. The lowest BCUT2D eigenvalue weighted by Crippen LogP contribution is -2.45. The van der Waals surface area contributed by atoms with E-state index in [1.807, 2.05) is 39.8 Å². The molecule has 2 aromatic carbocycles. The van der Waals surface area contributed by atoms with Gasteiger partial charge in [-0.1, -0.05) is 29.1 Å². The van der Waals surface area contributed by atoms with Gasteiger partial charge in [0.2, 0.25) is 5.91 Å². The van der Waals surface area contributed by atoms with Crippen LogP contribution in [0.2, 0.25) is 0 Å². The Morgan fingerprint density at radius 2 is 1.85 bits per heavy atom. The summed E-state index contributed by atoms with van der Waals surface area (Å²) in [5, 5.41) is 15.1. The van der Waals surface area contributed by atoms with Crippen LogP contribution in [0.15, 0.2) is 29.4 Å². The Hall–Kier alpha value is -3.77. The largest absolute Gasteiger partial charge is 0.489 e. The van der Waals surface area contributed by atoms with Crippen LogP contribution in [0.1, 0.15) is 41.2 Å². The summed E-state index contributed by atoms with van der Waals surface area (Å²) in [4.78, 5) is 35.3. The summed E-state index contributed by atoms with van der Waals surface area (Å²) in [7, 11) is 1.52. The Morgan fingerprint density at radius 1 is 1.12 bits per heavy atom. The second-order valence-corrected chi connectivity index (χ2v) is 11.4. The monoisotopic (exact) mass is 586 g/mol. The molecule has 11 nitrogen and oxygen atoms in total. The van der Waals surface area contributed by atoms with Gasteiger partial charge in [0.25, 0.3) is 5.24 Å². The number of amides is 2. The number of thioether (sulfide) groups is 1. The van der Waals surface area contributed by atoms with Crippen molar-refractivity contribution in [2.45, 2.75) is 51.4 Å². The molecule has 0 spiro atoms. The minimum atomic E-state index is -0.844. The topological polar surface area (TPSA) is 142 Å². The molecule has 0 aromatic heterocycles. The molecule has 4 rings (SSSR count). The molecule has 0 radical (unpaired) electrons. The van der Waals surface area contributed by atoms with E-state index in [1.54, 1.807) is 12.1 Å². The third-order valence-electron chi connectivity index (χ3n) is 7.03. The lowest BCUT2D eigenvalue weighted by molar-refractivity contribution is -0.147. The summed E-state index contributed by atoms with van der Waals surface area (Å²) < 4.78 is 28.4. The molecule has 2 aromatic rings. The molecule has 2 aliphatic rings. The maximum Gasteiger partial charge on any atom is 0.344 e. The van der Waals surface area contributed by atoms with Crippen molar-refractivity contribution in [3.05, 3.63) is 52.1 Å². The van der Waals surface area contributed by atoms with Crippen LogP contribution in [0.5, 0.6) is 17.2 Å². The van der Waals surface area contributed by atoms with Crippen LogP contribution in [-0.4, -0.2) is 72.4 Å². The summed E-state index contributed by atoms with van der Waals surface area (Å²) in [6.07, 6.45) is 0.702. The first-order valence-corrected chi connectivity index (χ1v) is 14.0. The summed E-state index contributed by atoms with van der Waals surface area (Å²) >= 11 is 0.998. The first-order valence-electron chi connectivity index (χ1n) is 13.1. The number of imide groups is 1. The van der Waals surface area contributed by atoms with Gasteiger partial charge in [-0.15, -0.1) is 0 Å². The predicted octanol–water partition coefficient (Wildman–Crippen LogP) is 3.87. The first-order chi connectivity index (χ1) is 19.5. The average molecular weight is 587 g/mol. The average Bonchev–Trinajstić information content (AvgIpc) is 3.26. The van der Waals surface area contributed by atoms with Gasteiger partial charge in [-0.25, -0.2) is 4.79 Å². The number of ether oxygens (including phenoxy) is 5. The van der Waals surface area contributed by atoms with Crippen molar-refractivity contribution < 1.29 is 43.3 Å². The molecule has 1 saturated heterocycles. The van der Waals surface area contributed by atoms with Crippen molar-refractivity contribution in [2.75, 3.05) is 33.5 Å². The second-order valence-electron chi connectivity index (χ2n) is 10.2. The van der Waals surface area contributed by atoms with Gasteiger partial charge >= 0.3 is 5.97 Å². The van der Waals surface area contributed by atoms with Crippen molar-refractivity contribution in [2.24, 2.45) is 5.16 Å². The third kappa shape index (κ3) is 6.94. The number of methoxy groups -OCH3 is 1. The van der Waals surface area contributed by atoms with Crippen LogP contribution in [0, 0.1) is 20.8 Å². The summed E-state index contributed by atoms with van der Waals surface area (Å²) in [6, 6.07) is 7.33. The van der Waals surface area contributed by atoms with Gasteiger partial charge in [0.05, 0.1) is 17.6 Å². The number of fused-ring (bicyclic) bond motifs is 1. The van der Waals surface area contributed by atoms with Crippen molar-refractivity contribution in [1.29, 1.82) is 0 Å². The molecular formula is C29H34N2O9S.